The highest BCUT2D eigenvalue weighted by atomic mass is 35.5. The van der Waals surface area contributed by atoms with E-state index in [-0.39, 0.29) is 6.54 Å². The van der Waals surface area contributed by atoms with E-state index in [4.69, 9.17) is 11.6 Å². The van der Waals surface area contributed by atoms with Crippen LogP contribution < -0.4 is 5.32 Å². The van der Waals surface area contributed by atoms with E-state index in [1.54, 1.807) is 12.1 Å². The van der Waals surface area contributed by atoms with Gasteiger partial charge >= 0.3 is 6.18 Å². The predicted molar refractivity (Wildman–Crippen MR) is 74.9 cm³/mol. The highest BCUT2D eigenvalue weighted by Gasteiger charge is 2.34. The minimum atomic E-state index is -4.71. The molecule has 0 radical (unpaired) electrons. The molecular formula is C15H12ClF4N. The molecule has 0 aliphatic carbocycles. The van der Waals surface area contributed by atoms with Gasteiger partial charge in [0, 0.05) is 6.54 Å². The van der Waals surface area contributed by atoms with Gasteiger partial charge in [-0.3, -0.25) is 0 Å². The highest BCUT2D eigenvalue weighted by Crippen LogP contribution is 2.32. The topological polar surface area (TPSA) is 12.0 Å². The molecule has 2 rings (SSSR count). The van der Waals surface area contributed by atoms with Gasteiger partial charge in [0.1, 0.15) is 5.82 Å². The van der Waals surface area contributed by atoms with Crippen LogP contribution in [0.5, 0.6) is 0 Å². The molecule has 0 bridgehead atoms. The van der Waals surface area contributed by atoms with E-state index in [0.29, 0.717) is 16.3 Å². The Kier molecular flexibility index (Phi) is 4.42. The highest BCUT2D eigenvalue weighted by molar-refractivity contribution is 6.33. The van der Waals surface area contributed by atoms with Crippen LogP contribution in [-0.2, 0) is 12.7 Å². The number of nitrogens with one attached hydrogen (secondary N) is 1. The van der Waals surface area contributed by atoms with E-state index in [2.05, 4.69) is 5.32 Å². The van der Waals surface area contributed by atoms with E-state index in [9.17, 15) is 17.6 Å². The van der Waals surface area contributed by atoms with E-state index < -0.39 is 17.6 Å². The summed E-state index contributed by atoms with van der Waals surface area (Å²) >= 11 is 6.02. The fourth-order valence-electron chi connectivity index (χ4n) is 1.95. The Morgan fingerprint density at radius 1 is 1.14 bits per heavy atom. The zero-order chi connectivity index (χ0) is 15.6. The van der Waals surface area contributed by atoms with Gasteiger partial charge in [0.15, 0.2) is 0 Å². The Morgan fingerprint density at radius 3 is 2.48 bits per heavy atom. The summed E-state index contributed by atoms with van der Waals surface area (Å²) in [6, 6.07) is 8.22. The van der Waals surface area contributed by atoms with Crippen molar-refractivity contribution in [1.82, 2.24) is 0 Å². The van der Waals surface area contributed by atoms with Gasteiger partial charge in [0.25, 0.3) is 0 Å². The first-order valence-electron chi connectivity index (χ1n) is 6.13. The summed E-state index contributed by atoms with van der Waals surface area (Å²) in [5.74, 6) is -1.28. The summed E-state index contributed by atoms with van der Waals surface area (Å²) in [6.07, 6.45) is -4.71. The van der Waals surface area contributed by atoms with Crippen molar-refractivity contribution in [2.75, 3.05) is 5.32 Å². The molecule has 0 aliphatic rings. The van der Waals surface area contributed by atoms with Gasteiger partial charge in [-0.2, -0.15) is 13.2 Å². The molecule has 0 fully saturated rings. The molecule has 1 nitrogen and oxygen atoms in total. The summed E-state index contributed by atoms with van der Waals surface area (Å²) in [6.45, 7) is 1.95. The molecule has 0 spiro atoms. The van der Waals surface area contributed by atoms with Gasteiger partial charge in [0.05, 0.1) is 16.3 Å². The van der Waals surface area contributed by atoms with Crippen LogP contribution in [-0.4, -0.2) is 0 Å². The number of hydrogen-bond acceptors (Lipinski definition) is 1. The molecule has 112 valence electrons. The van der Waals surface area contributed by atoms with Gasteiger partial charge in [-0.05, 0) is 36.2 Å². The van der Waals surface area contributed by atoms with Crippen LogP contribution in [0.1, 0.15) is 16.7 Å². The van der Waals surface area contributed by atoms with E-state index in [0.717, 1.165) is 17.7 Å². The van der Waals surface area contributed by atoms with Crippen molar-refractivity contribution >= 4 is 17.3 Å². The maximum absolute atomic E-state index is 13.2. The fraction of sp³-hybridized carbons (Fsp3) is 0.200. The van der Waals surface area contributed by atoms with Gasteiger partial charge in [-0.1, -0.05) is 29.8 Å². The zero-order valence-corrected chi connectivity index (χ0v) is 11.8. The molecule has 0 unspecified atom stereocenters. The molecule has 0 atom stereocenters. The SMILES string of the molecule is Cc1cccc(Cl)c1NCc1ccc(F)c(C(F)(F)F)c1. The Bertz CT molecular complexity index is 632. The lowest BCUT2D eigenvalue weighted by atomic mass is 10.1. The number of halogens is 5. The predicted octanol–water partition coefficient (Wildman–Crippen LogP) is 5.42. The van der Waals surface area contributed by atoms with E-state index in [1.165, 1.54) is 6.07 Å². The van der Waals surface area contributed by atoms with Crippen molar-refractivity contribution in [2.24, 2.45) is 0 Å². The summed E-state index contributed by atoms with van der Waals surface area (Å²) in [4.78, 5) is 0. The van der Waals surface area contributed by atoms with Crippen LogP contribution in [0.25, 0.3) is 0 Å². The molecule has 0 aliphatic heterocycles. The second-order valence-electron chi connectivity index (χ2n) is 4.60. The molecule has 6 heteroatoms. The van der Waals surface area contributed by atoms with Crippen LogP contribution in [0.15, 0.2) is 36.4 Å². The smallest absolute Gasteiger partial charge is 0.380 e. The molecule has 0 saturated heterocycles. The molecular weight excluding hydrogens is 306 g/mol. The summed E-state index contributed by atoms with van der Waals surface area (Å²) in [5.41, 5.74) is 0.582. The molecule has 0 saturated carbocycles. The number of anilines is 1. The zero-order valence-electron chi connectivity index (χ0n) is 11.1. The van der Waals surface area contributed by atoms with E-state index >= 15 is 0 Å². The van der Waals surface area contributed by atoms with Crippen LogP contribution >= 0.6 is 11.6 Å². The normalized spacial score (nSPS) is 11.5. The summed E-state index contributed by atoms with van der Waals surface area (Å²) in [7, 11) is 0. The Balaban J connectivity index is 2.22. The van der Waals surface area contributed by atoms with Crippen LogP contribution in [0, 0.1) is 12.7 Å². The first kappa shape index (κ1) is 15.6. The Morgan fingerprint density at radius 2 is 1.86 bits per heavy atom. The minimum absolute atomic E-state index is 0.119. The van der Waals surface area contributed by atoms with Crippen LogP contribution in [0.3, 0.4) is 0 Å². The van der Waals surface area contributed by atoms with Gasteiger partial charge in [0.2, 0.25) is 0 Å². The average molecular weight is 318 g/mol. The van der Waals surface area contributed by atoms with Gasteiger partial charge in [-0.25, -0.2) is 4.39 Å². The number of para-hydroxylation sites is 1. The van der Waals surface area contributed by atoms with Crippen molar-refractivity contribution in [3.8, 4) is 0 Å². The first-order chi connectivity index (χ1) is 9.79. The number of hydrogen-bond donors (Lipinski definition) is 1. The van der Waals surface area contributed by atoms with Crippen molar-refractivity contribution in [3.63, 3.8) is 0 Å². The molecule has 21 heavy (non-hydrogen) atoms. The van der Waals surface area contributed by atoms with Crippen LogP contribution in [0.4, 0.5) is 23.2 Å². The lowest BCUT2D eigenvalue weighted by Crippen LogP contribution is -2.10. The standard InChI is InChI=1S/C15H12ClF4N/c1-9-3-2-4-12(16)14(9)21-8-10-5-6-13(17)11(7-10)15(18,19)20/h2-7,21H,8H2,1H3. The van der Waals surface area contributed by atoms with Crippen LogP contribution in [0.2, 0.25) is 5.02 Å². The second-order valence-corrected chi connectivity index (χ2v) is 5.00. The van der Waals surface area contributed by atoms with Gasteiger partial charge in [-0.15, -0.1) is 0 Å². The third-order valence-corrected chi connectivity index (χ3v) is 3.34. The van der Waals surface area contributed by atoms with Crippen molar-refractivity contribution < 1.29 is 17.6 Å². The number of alkyl halides is 3. The number of rotatable bonds is 3. The first-order valence-corrected chi connectivity index (χ1v) is 6.51. The van der Waals surface area contributed by atoms with Crippen molar-refractivity contribution in [1.29, 1.82) is 0 Å². The third kappa shape index (κ3) is 3.67. The molecule has 0 amide bonds. The average Bonchev–Trinajstić information content (AvgIpc) is 2.38. The lowest BCUT2D eigenvalue weighted by Gasteiger charge is -2.13. The van der Waals surface area contributed by atoms with Crippen molar-refractivity contribution in [3.05, 3.63) is 63.9 Å². The monoisotopic (exact) mass is 317 g/mol. The lowest BCUT2D eigenvalue weighted by molar-refractivity contribution is -0.140. The third-order valence-electron chi connectivity index (χ3n) is 3.03. The molecule has 2 aromatic carbocycles. The number of benzene rings is 2. The molecule has 0 aromatic heterocycles. The molecule has 1 N–H and O–H groups in total. The fourth-order valence-corrected chi connectivity index (χ4v) is 2.23. The Labute approximate surface area is 124 Å². The van der Waals surface area contributed by atoms with Crippen molar-refractivity contribution in [2.45, 2.75) is 19.6 Å². The molecule has 2 aromatic rings. The largest absolute Gasteiger partial charge is 0.419 e. The maximum Gasteiger partial charge on any atom is 0.419 e. The van der Waals surface area contributed by atoms with Gasteiger partial charge < -0.3 is 5.32 Å². The Hall–Kier alpha value is -1.75. The number of aryl methyl sites for hydroxylation is 1. The quantitative estimate of drug-likeness (QED) is 0.745. The summed E-state index contributed by atoms with van der Waals surface area (Å²) < 4.78 is 51.1. The van der Waals surface area contributed by atoms with E-state index in [1.807, 2.05) is 13.0 Å². The maximum atomic E-state index is 13.2. The second kappa shape index (κ2) is 5.93. The summed E-state index contributed by atoms with van der Waals surface area (Å²) in [5, 5.41) is 3.45. The molecule has 0 heterocycles. The minimum Gasteiger partial charge on any atom is -0.380 e.